The Morgan fingerprint density at radius 3 is 2.41 bits per heavy atom. The summed E-state index contributed by atoms with van der Waals surface area (Å²) in [5.74, 6) is -2.25. The first kappa shape index (κ1) is 21.8. The van der Waals surface area contributed by atoms with E-state index in [0.717, 1.165) is 27.7 Å². The maximum atomic E-state index is 14.0. The van der Waals surface area contributed by atoms with E-state index in [-0.39, 0.29) is 32.1 Å². The maximum Gasteiger partial charge on any atom is 0.246 e. The van der Waals surface area contributed by atoms with Crippen molar-refractivity contribution in [1.29, 1.82) is 0 Å². The highest BCUT2D eigenvalue weighted by Gasteiger charge is 2.31. The SMILES string of the molecule is O=C(/C=C/c1cnn(-c2ccccc2)c1)N1CCN(S(=O)(=O)c2ccc(F)cc2F)CC1. The Hall–Kier alpha value is -3.37. The van der Waals surface area contributed by atoms with E-state index >= 15 is 0 Å². The summed E-state index contributed by atoms with van der Waals surface area (Å²) in [4.78, 5) is 13.5. The van der Waals surface area contributed by atoms with Crippen LogP contribution in [0, 0.1) is 11.6 Å². The molecule has 0 saturated carbocycles. The molecule has 1 aliphatic rings. The van der Waals surface area contributed by atoms with Crippen molar-refractivity contribution in [2.45, 2.75) is 4.90 Å². The van der Waals surface area contributed by atoms with Crippen LogP contribution in [0.25, 0.3) is 11.8 Å². The molecule has 1 saturated heterocycles. The minimum Gasteiger partial charge on any atom is -0.337 e. The molecule has 0 atom stereocenters. The van der Waals surface area contributed by atoms with E-state index < -0.39 is 26.6 Å². The highest BCUT2D eigenvalue weighted by atomic mass is 32.2. The average molecular weight is 458 g/mol. The fraction of sp³-hybridized carbons (Fsp3) is 0.182. The standard InChI is InChI=1S/C22H20F2N4O3S/c23-18-7-8-21(20(24)14-18)32(30,31)27-12-10-26(11-13-27)22(29)9-6-17-15-25-28(16-17)19-4-2-1-3-5-19/h1-9,14-16H,10-13H2/b9-6+. The fourth-order valence-corrected chi connectivity index (χ4v) is 4.86. The van der Waals surface area contributed by atoms with Crippen molar-refractivity contribution in [3.05, 3.63) is 84.2 Å². The minimum absolute atomic E-state index is 0.0185. The Labute approximate surface area is 184 Å². The van der Waals surface area contributed by atoms with Crippen molar-refractivity contribution < 1.29 is 22.0 Å². The third kappa shape index (κ3) is 4.61. The van der Waals surface area contributed by atoms with Crippen molar-refractivity contribution in [2.24, 2.45) is 0 Å². The van der Waals surface area contributed by atoms with Crippen LogP contribution in [0.5, 0.6) is 0 Å². The first-order valence-electron chi connectivity index (χ1n) is 9.87. The molecule has 7 nitrogen and oxygen atoms in total. The molecule has 0 spiro atoms. The third-order valence-electron chi connectivity index (χ3n) is 5.10. The summed E-state index contributed by atoms with van der Waals surface area (Å²) in [7, 11) is -4.11. The van der Waals surface area contributed by atoms with E-state index in [9.17, 15) is 22.0 Å². The molecule has 3 aromatic rings. The molecular formula is C22H20F2N4O3S. The van der Waals surface area contributed by atoms with Crippen molar-refractivity contribution in [3.63, 3.8) is 0 Å². The molecule has 32 heavy (non-hydrogen) atoms. The lowest BCUT2D eigenvalue weighted by atomic mass is 10.3. The van der Waals surface area contributed by atoms with Crippen molar-refractivity contribution >= 4 is 22.0 Å². The van der Waals surface area contributed by atoms with E-state index in [4.69, 9.17) is 0 Å². The van der Waals surface area contributed by atoms with Crippen LogP contribution in [-0.2, 0) is 14.8 Å². The number of hydrogen-bond donors (Lipinski definition) is 0. The van der Waals surface area contributed by atoms with Crippen LogP contribution >= 0.6 is 0 Å². The highest BCUT2D eigenvalue weighted by molar-refractivity contribution is 7.89. The molecule has 1 aliphatic heterocycles. The molecular weight excluding hydrogens is 438 g/mol. The zero-order valence-corrected chi connectivity index (χ0v) is 17.8. The number of carbonyl (C=O) groups excluding carboxylic acids is 1. The largest absolute Gasteiger partial charge is 0.337 e. The number of benzene rings is 2. The van der Waals surface area contributed by atoms with E-state index in [1.54, 1.807) is 23.2 Å². The van der Waals surface area contributed by atoms with Crippen LogP contribution in [0.15, 0.2) is 71.9 Å². The topological polar surface area (TPSA) is 75.5 Å². The number of rotatable bonds is 5. The van der Waals surface area contributed by atoms with Crippen molar-refractivity contribution in [3.8, 4) is 5.69 Å². The summed E-state index contributed by atoms with van der Waals surface area (Å²) in [5.41, 5.74) is 1.64. The molecule has 166 valence electrons. The van der Waals surface area contributed by atoms with E-state index in [0.29, 0.717) is 6.07 Å². The molecule has 0 radical (unpaired) electrons. The third-order valence-corrected chi connectivity index (χ3v) is 7.04. The van der Waals surface area contributed by atoms with Crippen LogP contribution < -0.4 is 0 Å². The molecule has 10 heteroatoms. The number of amides is 1. The molecule has 1 amide bonds. The zero-order chi connectivity index (χ0) is 22.7. The molecule has 1 fully saturated rings. The zero-order valence-electron chi connectivity index (χ0n) is 16.9. The van der Waals surface area contributed by atoms with Gasteiger partial charge in [0.25, 0.3) is 0 Å². The number of para-hydroxylation sites is 1. The van der Waals surface area contributed by atoms with Gasteiger partial charge >= 0.3 is 0 Å². The predicted molar refractivity (Wildman–Crippen MR) is 114 cm³/mol. The normalized spacial score (nSPS) is 15.4. The molecule has 0 N–H and O–H groups in total. The van der Waals surface area contributed by atoms with Crippen molar-refractivity contribution in [1.82, 2.24) is 19.0 Å². The quantitative estimate of drug-likeness (QED) is 0.551. The van der Waals surface area contributed by atoms with Gasteiger partial charge in [0.15, 0.2) is 0 Å². The Bertz CT molecular complexity index is 1250. The Morgan fingerprint density at radius 1 is 1.00 bits per heavy atom. The highest BCUT2D eigenvalue weighted by Crippen LogP contribution is 2.21. The van der Waals surface area contributed by atoms with E-state index in [1.807, 2.05) is 30.3 Å². The van der Waals surface area contributed by atoms with Gasteiger partial charge in [-0.05, 0) is 30.3 Å². The molecule has 0 bridgehead atoms. The average Bonchev–Trinajstić information content (AvgIpc) is 3.27. The lowest BCUT2D eigenvalue weighted by Gasteiger charge is -2.33. The van der Waals surface area contributed by atoms with Gasteiger partial charge in [0, 0.05) is 50.1 Å². The molecule has 0 unspecified atom stereocenters. The summed E-state index contributed by atoms with van der Waals surface area (Å²) in [6.07, 6.45) is 6.49. The number of hydrogen-bond acceptors (Lipinski definition) is 4. The number of nitrogens with zero attached hydrogens (tertiary/aromatic N) is 4. The summed E-state index contributed by atoms with van der Waals surface area (Å²) in [6.45, 7) is 0.359. The van der Waals surface area contributed by atoms with Gasteiger partial charge in [-0.2, -0.15) is 9.40 Å². The number of piperazine rings is 1. The van der Waals surface area contributed by atoms with Crippen LogP contribution in [0.3, 0.4) is 0 Å². The smallest absolute Gasteiger partial charge is 0.246 e. The second-order valence-electron chi connectivity index (χ2n) is 7.19. The number of aromatic nitrogens is 2. The van der Waals surface area contributed by atoms with Gasteiger partial charge in [0.1, 0.15) is 16.5 Å². The lowest BCUT2D eigenvalue weighted by molar-refractivity contribution is -0.127. The molecule has 2 aromatic carbocycles. The second kappa shape index (κ2) is 9.01. The van der Waals surface area contributed by atoms with Gasteiger partial charge in [-0.15, -0.1) is 0 Å². The summed E-state index contributed by atoms with van der Waals surface area (Å²) in [5, 5.41) is 4.27. The summed E-state index contributed by atoms with van der Waals surface area (Å²) < 4.78 is 55.2. The molecule has 4 rings (SSSR count). The van der Waals surface area contributed by atoms with Gasteiger partial charge in [-0.25, -0.2) is 21.9 Å². The predicted octanol–water partition coefficient (Wildman–Crippen LogP) is 2.70. The minimum atomic E-state index is -4.11. The summed E-state index contributed by atoms with van der Waals surface area (Å²) >= 11 is 0. The first-order valence-corrected chi connectivity index (χ1v) is 11.3. The fourth-order valence-electron chi connectivity index (χ4n) is 3.39. The van der Waals surface area contributed by atoms with Crippen LogP contribution in [0.2, 0.25) is 0 Å². The van der Waals surface area contributed by atoms with Gasteiger partial charge < -0.3 is 4.90 Å². The lowest BCUT2D eigenvalue weighted by Crippen LogP contribution is -2.50. The van der Waals surface area contributed by atoms with Crippen LogP contribution in [-0.4, -0.2) is 59.5 Å². The van der Waals surface area contributed by atoms with E-state index in [2.05, 4.69) is 5.10 Å². The van der Waals surface area contributed by atoms with Crippen LogP contribution in [0.4, 0.5) is 8.78 Å². The number of halogens is 2. The second-order valence-corrected chi connectivity index (χ2v) is 9.10. The summed E-state index contributed by atoms with van der Waals surface area (Å²) in [6, 6.07) is 11.9. The number of sulfonamides is 1. The van der Waals surface area contributed by atoms with Gasteiger partial charge in [-0.3, -0.25) is 4.79 Å². The molecule has 0 aliphatic carbocycles. The first-order chi connectivity index (χ1) is 15.3. The van der Waals surface area contributed by atoms with Crippen LogP contribution in [0.1, 0.15) is 5.56 Å². The Kier molecular flexibility index (Phi) is 6.15. The Morgan fingerprint density at radius 2 is 1.72 bits per heavy atom. The van der Waals surface area contributed by atoms with Gasteiger partial charge in [0.2, 0.25) is 15.9 Å². The maximum absolute atomic E-state index is 14.0. The van der Waals surface area contributed by atoms with Crippen molar-refractivity contribution in [2.75, 3.05) is 26.2 Å². The molecule has 1 aromatic heterocycles. The molecule has 2 heterocycles. The van der Waals surface area contributed by atoms with Gasteiger partial charge in [-0.1, -0.05) is 18.2 Å². The Balaban J connectivity index is 1.37. The van der Waals surface area contributed by atoms with Gasteiger partial charge in [0.05, 0.1) is 11.9 Å². The number of carbonyl (C=O) groups is 1. The van der Waals surface area contributed by atoms with E-state index in [1.165, 1.54) is 11.0 Å². The monoisotopic (exact) mass is 458 g/mol.